The molecule has 0 aliphatic carbocycles. The summed E-state index contributed by atoms with van der Waals surface area (Å²) < 4.78 is 6.19. The number of hydrazine groups is 1. The van der Waals surface area contributed by atoms with Gasteiger partial charge in [-0.2, -0.15) is 0 Å². The Labute approximate surface area is 142 Å². The van der Waals surface area contributed by atoms with E-state index in [1.807, 2.05) is 31.2 Å². The van der Waals surface area contributed by atoms with E-state index in [1.165, 1.54) is 0 Å². The second kappa shape index (κ2) is 7.32. The summed E-state index contributed by atoms with van der Waals surface area (Å²) in [6.07, 6.45) is 0. The third-order valence-electron chi connectivity index (χ3n) is 3.29. The Balaban J connectivity index is 1.89. The molecule has 0 bridgehead atoms. The zero-order valence-electron chi connectivity index (χ0n) is 13.1. The first-order valence-corrected chi connectivity index (χ1v) is 7.86. The molecule has 1 unspecified atom stereocenters. The monoisotopic (exact) mass is 379 g/mol. The first-order chi connectivity index (χ1) is 10.9. The number of rotatable bonds is 3. The maximum atomic E-state index is 12.0. The average molecular weight is 380 g/mol. The number of nitrogens with one attached hydrogen (secondary N) is 3. The van der Waals surface area contributed by atoms with Gasteiger partial charge in [0.2, 0.25) is 0 Å². The van der Waals surface area contributed by atoms with E-state index in [9.17, 15) is 9.59 Å². The largest absolute Gasteiger partial charge is 0.466 e. The van der Waals surface area contributed by atoms with E-state index in [1.54, 1.807) is 19.9 Å². The van der Waals surface area contributed by atoms with E-state index in [2.05, 4.69) is 32.1 Å². The number of carbonyl (C=O) groups is 2. The molecule has 0 saturated carbocycles. The predicted molar refractivity (Wildman–Crippen MR) is 89.9 cm³/mol. The van der Waals surface area contributed by atoms with Gasteiger partial charge in [-0.3, -0.25) is 10.2 Å². The first kappa shape index (κ1) is 17.1. The van der Waals surface area contributed by atoms with Crippen molar-refractivity contribution in [1.82, 2.24) is 16.2 Å². The average Bonchev–Trinajstić information content (AvgIpc) is 2.84. The van der Waals surface area contributed by atoms with Gasteiger partial charge in [-0.15, -0.1) is 0 Å². The quantitative estimate of drug-likeness (QED) is 0.714. The van der Waals surface area contributed by atoms with Gasteiger partial charge >= 0.3 is 6.03 Å². The van der Waals surface area contributed by atoms with Gasteiger partial charge in [0.15, 0.2) is 0 Å². The van der Waals surface area contributed by atoms with Crippen molar-refractivity contribution >= 4 is 27.9 Å². The fourth-order valence-corrected chi connectivity index (χ4v) is 2.80. The van der Waals surface area contributed by atoms with Gasteiger partial charge < -0.3 is 9.73 Å². The third-order valence-corrected chi connectivity index (χ3v) is 4.02. The number of halogens is 1. The van der Waals surface area contributed by atoms with Crippen LogP contribution in [0.4, 0.5) is 4.79 Å². The molecule has 1 aromatic heterocycles. The molecular weight excluding hydrogens is 362 g/mol. The van der Waals surface area contributed by atoms with Crippen molar-refractivity contribution in [3.63, 3.8) is 0 Å². The van der Waals surface area contributed by atoms with Crippen LogP contribution in [0.2, 0.25) is 0 Å². The lowest BCUT2D eigenvalue weighted by molar-refractivity contribution is 0.0934. The van der Waals surface area contributed by atoms with Gasteiger partial charge in [0.1, 0.15) is 11.5 Å². The number of amides is 3. The number of furan rings is 1. The van der Waals surface area contributed by atoms with Crippen LogP contribution >= 0.6 is 15.9 Å². The van der Waals surface area contributed by atoms with Gasteiger partial charge in [-0.05, 0) is 38.5 Å². The lowest BCUT2D eigenvalue weighted by Crippen LogP contribution is -2.47. The van der Waals surface area contributed by atoms with Crippen molar-refractivity contribution in [2.75, 3.05) is 0 Å². The van der Waals surface area contributed by atoms with Gasteiger partial charge in [0.05, 0.1) is 11.6 Å². The van der Waals surface area contributed by atoms with Crippen LogP contribution < -0.4 is 16.2 Å². The molecule has 2 aromatic rings. The number of benzene rings is 1. The molecule has 122 valence electrons. The minimum Gasteiger partial charge on any atom is -0.466 e. The molecule has 1 aromatic carbocycles. The minimum absolute atomic E-state index is 0.222. The molecule has 0 saturated heterocycles. The highest BCUT2D eigenvalue weighted by Crippen LogP contribution is 2.22. The standard InChI is InChI=1S/C16H18BrN3O3/c1-9-8-13(11(3)23-9)15(21)19-20-16(22)18-10(2)12-6-4-5-7-14(12)17/h4-8,10H,1-3H3,(H,19,21)(H2,18,20,22). The lowest BCUT2D eigenvalue weighted by Gasteiger charge is -2.16. The van der Waals surface area contributed by atoms with E-state index in [0.717, 1.165) is 10.0 Å². The molecule has 0 fully saturated rings. The smallest absolute Gasteiger partial charge is 0.333 e. The highest BCUT2D eigenvalue weighted by atomic mass is 79.9. The van der Waals surface area contributed by atoms with Crippen molar-refractivity contribution in [2.24, 2.45) is 0 Å². The highest BCUT2D eigenvalue weighted by Gasteiger charge is 2.15. The first-order valence-electron chi connectivity index (χ1n) is 7.06. The Kier molecular flexibility index (Phi) is 5.44. The number of hydrogen-bond donors (Lipinski definition) is 3. The van der Waals surface area contributed by atoms with Crippen molar-refractivity contribution < 1.29 is 14.0 Å². The van der Waals surface area contributed by atoms with Gasteiger partial charge in [0.25, 0.3) is 5.91 Å². The molecule has 0 spiro atoms. The van der Waals surface area contributed by atoms with Gasteiger partial charge in [-0.25, -0.2) is 10.2 Å². The van der Waals surface area contributed by atoms with Crippen LogP contribution in [0.25, 0.3) is 0 Å². The second-order valence-electron chi connectivity index (χ2n) is 5.12. The van der Waals surface area contributed by atoms with E-state index in [0.29, 0.717) is 17.1 Å². The Hall–Kier alpha value is -2.28. The molecule has 2 rings (SSSR count). The Bertz CT molecular complexity index is 727. The van der Waals surface area contributed by atoms with Crippen LogP contribution in [0.15, 0.2) is 39.2 Å². The number of hydrogen-bond acceptors (Lipinski definition) is 3. The molecule has 3 N–H and O–H groups in total. The predicted octanol–water partition coefficient (Wildman–Crippen LogP) is 3.36. The summed E-state index contributed by atoms with van der Waals surface area (Å²) in [6.45, 7) is 5.30. The summed E-state index contributed by atoms with van der Waals surface area (Å²) in [5, 5.41) is 2.75. The zero-order chi connectivity index (χ0) is 17.0. The van der Waals surface area contributed by atoms with E-state index >= 15 is 0 Å². The fraction of sp³-hybridized carbons (Fsp3) is 0.250. The Morgan fingerprint density at radius 2 is 1.87 bits per heavy atom. The maximum absolute atomic E-state index is 12.0. The topological polar surface area (TPSA) is 83.4 Å². The molecule has 0 aliphatic rings. The van der Waals surface area contributed by atoms with Crippen LogP contribution in [0.3, 0.4) is 0 Å². The lowest BCUT2D eigenvalue weighted by atomic mass is 10.1. The van der Waals surface area contributed by atoms with Crippen LogP contribution in [-0.2, 0) is 0 Å². The zero-order valence-corrected chi connectivity index (χ0v) is 14.7. The molecule has 1 heterocycles. The number of aryl methyl sites for hydroxylation is 2. The molecule has 7 heteroatoms. The maximum Gasteiger partial charge on any atom is 0.333 e. The number of carbonyl (C=O) groups excluding carboxylic acids is 2. The van der Waals surface area contributed by atoms with Crippen molar-refractivity contribution in [3.05, 3.63) is 57.5 Å². The van der Waals surface area contributed by atoms with Crippen LogP contribution in [0.5, 0.6) is 0 Å². The van der Waals surface area contributed by atoms with Crippen molar-refractivity contribution in [1.29, 1.82) is 0 Å². The SMILES string of the molecule is Cc1cc(C(=O)NNC(=O)NC(C)c2ccccc2Br)c(C)o1. The summed E-state index contributed by atoms with van der Waals surface area (Å²) in [5.41, 5.74) is 6.01. The molecular formula is C16H18BrN3O3. The molecule has 1 atom stereocenters. The second-order valence-corrected chi connectivity index (χ2v) is 5.98. The van der Waals surface area contributed by atoms with Gasteiger partial charge in [-0.1, -0.05) is 34.1 Å². The van der Waals surface area contributed by atoms with E-state index in [-0.39, 0.29) is 6.04 Å². The molecule has 0 aliphatic heterocycles. The van der Waals surface area contributed by atoms with Crippen molar-refractivity contribution in [3.8, 4) is 0 Å². The van der Waals surface area contributed by atoms with Crippen LogP contribution in [-0.4, -0.2) is 11.9 Å². The fourth-order valence-electron chi connectivity index (χ4n) is 2.17. The molecule has 0 radical (unpaired) electrons. The van der Waals surface area contributed by atoms with E-state index in [4.69, 9.17) is 4.42 Å². The summed E-state index contributed by atoms with van der Waals surface area (Å²) in [5.74, 6) is 0.714. The van der Waals surface area contributed by atoms with Crippen LogP contribution in [0, 0.1) is 13.8 Å². The molecule has 3 amide bonds. The Morgan fingerprint density at radius 1 is 1.17 bits per heavy atom. The molecule has 23 heavy (non-hydrogen) atoms. The third kappa shape index (κ3) is 4.35. The summed E-state index contributed by atoms with van der Waals surface area (Å²) in [4.78, 5) is 23.9. The minimum atomic E-state index is -0.500. The summed E-state index contributed by atoms with van der Waals surface area (Å²) in [6, 6.07) is 8.49. The normalized spacial score (nSPS) is 11.7. The van der Waals surface area contributed by atoms with E-state index < -0.39 is 11.9 Å². The highest BCUT2D eigenvalue weighted by molar-refractivity contribution is 9.10. The summed E-state index contributed by atoms with van der Waals surface area (Å²) in [7, 11) is 0. The molecule has 6 nitrogen and oxygen atoms in total. The number of urea groups is 1. The van der Waals surface area contributed by atoms with Crippen molar-refractivity contribution in [2.45, 2.75) is 26.8 Å². The summed E-state index contributed by atoms with van der Waals surface area (Å²) >= 11 is 3.44. The Morgan fingerprint density at radius 3 is 2.48 bits per heavy atom. The van der Waals surface area contributed by atoms with Gasteiger partial charge in [0, 0.05) is 4.47 Å². The van der Waals surface area contributed by atoms with Crippen LogP contribution in [0.1, 0.15) is 40.4 Å².